The molecule has 0 aliphatic carbocycles. The molecule has 0 radical (unpaired) electrons. The van der Waals surface area contributed by atoms with E-state index in [0.717, 1.165) is 0 Å². The zero-order valence-electron chi connectivity index (χ0n) is 7.30. The Kier molecular flexibility index (Phi) is 3.50. The molecule has 1 heterocycles. The van der Waals surface area contributed by atoms with Gasteiger partial charge in [0.1, 0.15) is 5.38 Å². The first-order valence-electron chi connectivity index (χ1n) is 3.66. The molecule has 4 nitrogen and oxygen atoms in total. The maximum absolute atomic E-state index is 12.1. The number of hydrogen-bond donors (Lipinski definition) is 1. The van der Waals surface area contributed by atoms with E-state index >= 15 is 0 Å². The summed E-state index contributed by atoms with van der Waals surface area (Å²) >= 11 is 5.64. The van der Waals surface area contributed by atoms with Gasteiger partial charge < -0.3 is 0 Å². The zero-order valence-corrected chi connectivity index (χ0v) is 8.87. The monoisotopic (exact) mass is 259 g/mol. The van der Waals surface area contributed by atoms with Crippen molar-refractivity contribution < 1.29 is 18.0 Å². The van der Waals surface area contributed by atoms with Crippen LogP contribution in [0.5, 0.6) is 0 Å². The summed E-state index contributed by atoms with van der Waals surface area (Å²) in [6.07, 6.45) is -4.55. The van der Waals surface area contributed by atoms with Crippen LogP contribution >= 0.6 is 22.9 Å². The highest BCUT2D eigenvalue weighted by molar-refractivity contribution is 7.15. The molecule has 0 aliphatic rings. The summed E-state index contributed by atoms with van der Waals surface area (Å²) in [6.45, 7) is 1.39. The Hall–Kier alpha value is -0.890. The molecule has 1 N–H and O–H groups in total. The molecule has 1 aromatic heterocycles. The van der Waals surface area contributed by atoms with Crippen LogP contribution in [0, 0.1) is 0 Å². The molecule has 0 saturated heterocycles. The fourth-order valence-electron chi connectivity index (χ4n) is 0.593. The third-order valence-electron chi connectivity index (χ3n) is 1.26. The number of carbonyl (C=O) groups excluding carboxylic acids is 1. The van der Waals surface area contributed by atoms with Crippen LogP contribution in [0.1, 0.15) is 11.9 Å². The summed E-state index contributed by atoms with van der Waals surface area (Å²) in [7, 11) is 0. The minimum Gasteiger partial charge on any atom is -0.299 e. The molecule has 0 unspecified atom stereocenters. The van der Waals surface area contributed by atoms with E-state index in [4.69, 9.17) is 11.6 Å². The van der Waals surface area contributed by atoms with Crippen molar-refractivity contribution in [3.8, 4) is 0 Å². The molecular formula is C6H5ClF3N3OS. The molecule has 0 aromatic carbocycles. The molecule has 9 heteroatoms. The van der Waals surface area contributed by atoms with E-state index in [0.29, 0.717) is 0 Å². The number of anilines is 1. The Labute approximate surface area is 91.5 Å². The van der Waals surface area contributed by atoms with Gasteiger partial charge in [0.2, 0.25) is 16.0 Å². The molecule has 0 spiro atoms. The van der Waals surface area contributed by atoms with Crippen LogP contribution in [0.15, 0.2) is 0 Å². The van der Waals surface area contributed by atoms with Crippen LogP contribution in [0.25, 0.3) is 0 Å². The van der Waals surface area contributed by atoms with Gasteiger partial charge in [0, 0.05) is 0 Å². The SMILES string of the molecule is C[C@H](Cl)C(=O)Nc1nnc(C(F)(F)F)s1. The number of aromatic nitrogens is 2. The summed E-state index contributed by atoms with van der Waals surface area (Å²) in [6, 6.07) is 0. The lowest BCUT2D eigenvalue weighted by Gasteiger charge is -2.01. The first-order chi connectivity index (χ1) is 6.80. The van der Waals surface area contributed by atoms with Crippen molar-refractivity contribution in [3.05, 3.63) is 5.01 Å². The number of rotatable bonds is 2. The van der Waals surface area contributed by atoms with Crippen LogP contribution in [0.2, 0.25) is 0 Å². The van der Waals surface area contributed by atoms with Gasteiger partial charge in [0.05, 0.1) is 0 Å². The smallest absolute Gasteiger partial charge is 0.299 e. The highest BCUT2D eigenvalue weighted by atomic mass is 35.5. The van der Waals surface area contributed by atoms with E-state index in [-0.39, 0.29) is 16.5 Å². The van der Waals surface area contributed by atoms with Crippen molar-refractivity contribution in [2.24, 2.45) is 0 Å². The van der Waals surface area contributed by atoms with E-state index in [9.17, 15) is 18.0 Å². The molecule has 1 atom stereocenters. The van der Waals surface area contributed by atoms with Crippen molar-refractivity contribution in [2.75, 3.05) is 5.32 Å². The van der Waals surface area contributed by atoms with Gasteiger partial charge in [-0.15, -0.1) is 21.8 Å². The van der Waals surface area contributed by atoms with Crippen molar-refractivity contribution in [3.63, 3.8) is 0 Å². The summed E-state index contributed by atoms with van der Waals surface area (Å²) < 4.78 is 36.2. The van der Waals surface area contributed by atoms with Gasteiger partial charge in [0.15, 0.2) is 0 Å². The Balaban J connectivity index is 2.73. The summed E-state index contributed by atoms with van der Waals surface area (Å²) in [5.74, 6) is -0.624. The number of hydrogen-bond acceptors (Lipinski definition) is 4. The fraction of sp³-hybridized carbons (Fsp3) is 0.500. The Morgan fingerprint density at radius 3 is 2.53 bits per heavy atom. The zero-order chi connectivity index (χ0) is 11.6. The highest BCUT2D eigenvalue weighted by Gasteiger charge is 2.35. The number of alkyl halides is 4. The van der Waals surface area contributed by atoms with Crippen LogP contribution < -0.4 is 5.32 Å². The van der Waals surface area contributed by atoms with Gasteiger partial charge in [-0.25, -0.2) is 0 Å². The molecular weight excluding hydrogens is 255 g/mol. The largest absolute Gasteiger partial charge is 0.445 e. The molecule has 15 heavy (non-hydrogen) atoms. The van der Waals surface area contributed by atoms with Crippen LogP contribution in [-0.2, 0) is 11.0 Å². The molecule has 84 valence electrons. The van der Waals surface area contributed by atoms with Gasteiger partial charge in [-0.1, -0.05) is 11.3 Å². The molecule has 0 saturated carbocycles. The van der Waals surface area contributed by atoms with E-state index in [1.165, 1.54) is 6.92 Å². The van der Waals surface area contributed by atoms with Gasteiger partial charge in [-0.3, -0.25) is 10.1 Å². The van der Waals surface area contributed by atoms with E-state index in [2.05, 4.69) is 15.5 Å². The number of nitrogens with zero attached hydrogens (tertiary/aromatic N) is 2. The van der Waals surface area contributed by atoms with Gasteiger partial charge in [-0.2, -0.15) is 13.2 Å². The lowest BCUT2D eigenvalue weighted by molar-refractivity contribution is -0.138. The number of halogens is 4. The van der Waals surface area contributed by atoms with Crippen LogP contribution in [-0.4, -0.2) is 21.5 Å². The van der Waals surface area contributed by atoms with Crippen molar-refractivity contribution in [2.45, 2.75) is 18.5 Å². The van der Waals surface area contributed by atoms with E-state index in [1.54, 1.807) is 0 Å². The molecule has 0 bridgehead atoms. The number of nitrogens with one attached hydrogen (secondary N) is 1. The predicted molar refractivity (Wildman–Crippen MR) is 48.9 cm³/mol. The maximum atomic E-state index is 12.1. The first-order valence-corrected chi connectivity index (χ1v) is 4.91. The van der Waals surface area contributed by atoms with Crippen molar-refractivity contribution in [1.82, 2.24) is 10.2 Å². The van der Waals surface area contributed by atoms with Gasteiger partial charge in [-0.05, 0) is 6.92 Å². The Bertz CT molecular complexity index is 365. The lowest BCUT2D eigenvalue weighted by Crippen LogP contribution is -2.20. The maximum Gasteiger partial charge on any atom is 0.445 e. The molecule has 1 aromatic rings. The number of carbonyl (C=O) groups is 1. The van der Waals surface area contributed by atoms with E-state index < -0.39 is 22.5 Å². The summed E-state index contributed by atoms with van der Waals surface area (Å²) in [5, 5.41) is 5.98. The van der Waals surface area contributed by atoms with Gasteiger partial charge >= 0.3 is 6.18 Å². The quantitative estimate of drug-likeness (QED) is 0.828. The van der Waals surface area contributed by atoms with Crippen LogP contribution in [0.4, 0.5) is 18.3 Å². The van der Waals surface area contributed by atoms with E-state index in [1.807, 2.05) is 0 Å². The molecule has 0 fully saturated rings. The highest BCUT2D eigenvalue weighted by Crippen LogP contribution is 2.32. The van der Waals surface area contributed by atoms with Crippen LogP contribution in [0.3, 0.4) is 0 Å². The Morgan fingerprint density at radius 2 is 2.13 bits per heavy atom. The Morgan fingerprint density at radius 1 is 1.53 bits per heavy atom. The standard InChI is InChI=1S/C6H5ClF3N3OS/c1-2(7)3(14)11-5-13-12-4(15-5)6(8,9)10/h2H,1H3,(H,11,13,14)/t2-/m0/s1. The average Bonchev–Trinajstić information content (AvgIpc) is 2.51. The normalized spacial score (nSPS) is 13.7. The third-order valence-corrected chi connectivity index (χ3v) is 2.34. The molecule has 1 amide bonds. The second-order valence-electron chi connectivity index (χ2n) is 2.52. The fourth-order valence-corrected chi connectivity index (χ4v) is 1.26. The second-order valence-corrected chi connectivity index (χ2v) is 4.15. The average molecular weight is 260 g/mol. The first kappa shape index (κ1) is 12.2. The molecule has 1 rings (SSSR count). The topological polar surface area (TPSA) is 54.9 Å². The minimum atomic E-state index is -4.55. The molecule has 0 aliphatic heterocycles. The van der Waals surface area contributed by atoms with Crippen molar-refractivity contribution in [1.29, 1.82) is 0 Å². The predicted octanol–water partition coefficient (Wildman–Crippen LogP) is 2.12. The minimum absolute atomic E-state index is 0.222. The number of amides is 1. The lowest BCUT2D eigenvalue weighted by atomic mass is 10.4. The summed E-state index contributed by atoms with van der Waals surface area (Å²) in [5.41, 5.74) is 0. The van der Waals surface area contributed by atoms with Crippen molar-refractivity contribution >= 4 is 34.0 Å². The van der Waals surface area contributed by atoms with Gasteiger partial charge in [0.25, 0.3) is 0 Å². The third kappa shape index (κ3) is 3.31. The second kappa shape index (κ2) is 4.31. The summed E-state index contributed by atoms with van der Waals surface area (Å²) in [4.78, 5) is 11.0.